The number of aromatic carboxylic acids is 1. The number of hydrogen-bond acceptors (Lipinski definition) is 3. The van der Waals surface area contributed by atoms with Gasteiger partial charge in [0.2, 0.25) is 0 Å². The minimum atomic E-state index is -1.05. The van der Waals surface area contributed by atoms with Crippen molar-refractivity contribution in [3.63, 3.8) is 0 Å². The van der Waals surface area contributed by atoms with Crippen LogP contribution in [0.1, 0.15) is 43.5 Å². The summed E-state index contributed by atoms with van der Waals surface area (Å²) in [5.41, 5.74) is -0.224. The Balaban J connectivity index is 2.45. The maximum atomic E-state index is 13.5. The van der Waals surface area contributed by atoms with Gasteiger partial charge in [-0.25, -0.2) is 9.18 Å². The van der Waals surface area contributed by atoms with E-state index in [-0.39, 0.29) is 11.0 Å². The van der Waals surface area contributed by atoms with Gasteiger partial charge in [-0.15, -0.1) is 11.8 Å². The van der Waals surface area contributed by atoms with Crippen LogP contribution in [-0.2, 0) is 0 Å². The molecule has 0 aliphatic heterocycles. The monoisotopic (exact) mass is 295 g/mol. The van der Waals surface area contributed by atoms with Crippen molar-refractivity contribution in [1.82, 2.24) is 0 Å². The molecule has 0 bridgehead atoms. The van der Waals surface area contributed by atoms with Crippen LogP contribution in [0.3, 0.4) is 0 Å². The van der Waals surface area contributed by atoms with E-state index in [4.69, 9.17) is 10.4 Å². The van der Waals surface area contributed by atoms with Gasteiger partial charge in [0.25, 0.3) is 0 Å². The van der Waals surface area contributed by atoms with Gasteiger partial charge >= 0.3 is 5.97 Å². The Bertz CT molecular complexity index is 523. The minimum absolute atomic E-state index is 0.0968. The van der Waals surface area contributed by atoms with E-state index in [2.05, 4.69) is 6.07 Å². The predicted octanol–water partition coefficient (Wildman–Crippen LogP) is 4.34. The van der Waals surface area contributed by atoms with E-state index >= 15 is 0 Å². The third-order valence-corrected chi connectivity index (χ3v) is 4.05. The lowest BCUT2D eigenvalue weighted by molar-refractivity contribution is 0.0696. The van der Waals surface area contributed by atoms with Crippen molar-refractivity contribution in [3.8, 4) is 6.07 Å². The zero-order chi connectivity index (χ0) is 15.2. The standard InChI is InChI=1S/C15H18FNO2S/c1-15(2,10-17)7-3-4-8-20-13-9-11(14(18)19)5-6-12(13)16/h5-6,9H,3-4,7-8H2,1-2H3,(H,18,19). The van der Waals surface area contributed by atoms with Gasteiger partial charge in [0, 0.05) is 4.90 Å². The van der Waals surface area contributed by atoms with Crippen molar-refractivity contribution in [2.45, 2.75) is 38.0 Å². The number of carbonyl (C=O) groups is 1. The molecule has 0 fully saturated rings. The van der Waals surface area contributed by atoms with Crippen LogP contribution in [0.25, 0.3) is 0 Å². The molecule has 0 heterocycles. The number of benzene rings is 1. The number of nitriles is 1. The summed E-state index contributed by atoms with van der Waals surface area (Å²) in [4.78, 5) is 11.2. The summed E-state index contributed by atoms with van der Waals surface area (Å²) in [6.45, 7) is 3.80. The van der Waals surface area contributed by atoms with Crippen LogP contribution in [-0.4, -0.2) is 16.8 Å². The fourth-order valence-electron chi connectivity index (χ4n) is 1.65. The van der Waals surface area contributed by atoms with Gasteiger partial charge in [-0.2, -0.15) is 5.26 Å². The molecule has 1 N–H and O–H groups in total. The van der Waals surface area contributed by atoms with Gasteiger partial charge in [-0.05, 0) is 50.6 Å². The molecule has 0 amide bonds. The Morgan fingerprint density at radius 1 is 1.45 bits per heavy atom. The molecule has 0 aliphatic rings. The quantitative estimate of drug-likeness (QED) is 0.600. The number of carboxylic acids is 1. The van der Waals surface area contributed by atoms with Gasteiger partial charge < -0.3 is 5.11 Å². The first-order valence-corrected chi connectivity index (χ1v) is 7.41. The zero-order valence-electron chi connectivity index (χ0n) is 11.6. The lowest BCUT2D eigenvalue weighted by Crippen LogP contribution is -2.07. The normalized spacial score (nSPS) is 11.1. The Morgan fingerprint density at radius 3 is 2.75 bits per heavy atom. The highest BCUT2D eigenvalue weighted by atomic mass is 32.2. The second kappa shape index (κ2) is 7.30. The molecular weight excluding hydrogens is 277 g/mol. The van der Waals surface area contributed by atoms with Crippen molar-refractivity contribution in [2.24, 2.45) is 5.41 Å². The summed E-state index contributed by atoms with van der Waals surface area (Å²) in [5, 5.41) is 17.8. The van der Waals surface area contributed by atoms with Gasteiger partial charge in [-0.1, -0.05) is 6.42 Å². The van der Waals surface area contributed by atoms with Crippen molar-refractivity contribution in [3.05, 3.63) is 29.6 Å². The Kier molecular flexibility index (Phi) is 6.03. The predicted molar refractivity (Wildman–Crippen MR) is 77.3 cm³/mol. The molecule has 0 saturated carbocycles. The van der Waals surface area contributed by atoms with Crippen LogP contribution in [0.15, 0.2) is 23.1 Å². The molecule has 0 aromatic heterocycles. The molecule has 108 valence electrons. The van der Waals surface area contributed by atoms with Crippen LogP contribution < -0.4 is 0 Å². The highest BCUT2D eigenvalue weighted by Gasteiger charge is 2.15. The molecule has 20 heavy (non-hydrogen) atoms. The molecule has 0 saturated heterocycles. The van der Waals surface area contributed by atoms with Crippen molar-refractivity contribution >= 4 is 17.7 Å². The summed E-state index contributed by atoms with van der Waals surface area (Å²) in [6.07, 6.45) is 2.57. The van der Waals surface area contributed by atoms with E-state index in [1.54, 1.807) is 0 Å². The van der Waals surface area contributed by atoms with Crippen molar-refractivity contribution in [2.75, 3.05) is 5.75 Å². The number of carboxylic acid groups (broad SMARTS) is 1. The van der Waals surface area contributed by atoms with E-state index in [0.717, 1.165) is 19.3 Å². The van der Waals surface area contributed by atoms with Crippen LogP contribution in [0.5, 0.6) is 0 Å². The van der Waals surface area contributed by atoms with E-state index in [1.165, 1.54) is 30.0 Å². The number of nitrogens with zero attached hydrogens (tertiary/aromatic N) is 1. The highest BCUT2D eigenvalue weighted by Crippen LogP contribution is 2.26. The molecule has 0 unspecified atom stereocenters. The summed E-state index contributed by atoms with van der Waals surface area (Å²) in [5.74, 6) is -0.735. The second-order valence-corrected chi connectivity index (χ2v) is 6.39. The second-order valence-electron chi connectivity index (χ2n) is 5.25. The molecule has 3 nitrogen and oxygen atoms in total. The molecule has 5 heteroatoms. The SMILES string of the molecule is CC(C)(C#N)CCCCSc1cc(C(=O)O)ccc1F. The van der Waals surface area contributed by atoms with Crippen molar-refractivity contribution < 1.29 is 14.3 Å². The van der Waals surface area contributed by atoms with Crippen LogP contribution in [0, 0.1) is 22.6 Å². The van der Waals surface area contributed by atoms with Gasteiger partial charge in [0.05, 0.1) is 17.0 Å². The largest absolute Gasteiger partial charge is 0.478 e. The summed E-state index contributed by atoms with van der Waals surface area (Å²) in [7, 11) is 0. The first-order valence-electron chi connectivity index (χ1n) is 6.42. The molecule has 0 radical (unpaired) electrons. The average Bonchev–Trinajstić information content (AvgIpc) is 2.40. The molecular formula is C15H18FNO2S. The lowest BCUT2D eigenvalue weighted by atomic mass is 9.89. The van der Waals surface area contributed by atoms with E-state index in [0.29, 0.717) is 10.6 Å². The van der Waals surface area contributed by atoms with Crippen LogP contribution >= 0.6 is 11.8 Å². The molecule has 1 aromatic rings. The molecule has 0 aliphatic carbocycles. The lowest BCUT2D eigenvalue weighted by Gasteiger charge is -2.14. The van der Waals surface area contributed by atoms with E-state index in [9.17, 15) is 9.18 Å². The number of hydrogen-bond donors (Lipinski definition) is 1. The third kappa shape index (κ3) is 5.22. The average molecular weight is 295 g/mol. The maximum Gasteiger partial charge on any atom is 0.335 e. The van der Waals surface area contributed by atoms with Gasteiger partial charge in [-0.3, -0.25) is 0 Å². The van der Waals surface area contributed by atoms with Crippen LogP contribution in [0.2, 0.25) is 0 Å². The fourth-order valence-corrected chi connectivity index (χ4v) is 2.64. The number of rotatable bonds is 7. The number of thioether (sulfide) groups is 1. The van der Waals surface area contributed by atoms with Gasteiger partial charge in [0.15, 0.2) is 0 Å². The molecule has 0 spiro atoms. The zero-order valence-corrected chi connectivity index (χ0v) is 12.5. The van der Waals surface area contributed by atoms with Crippen molar-refractivity contribution in [1.29, 1.82) is 5.26 Å². The molecule has 0 atom stereocenters. The Hall–Kier alpha value is -1.54. The smallest absolute Gasteiger partial charge is 0.335 e. The minimum Gasteiger partial charge on any atom is -0.478 e. The highest BCUT2D eigenvalue weighted by molar-refractivity contribution is 7.99. The van der Waals surface area contributed by atoms with Crippen LogP contribution in [0.4, 0.5) is 4.39 Å². The number of unbranched alkanes of at least 4 members (excludes halogenated alkanes) is 1. The maximum absolute atomic E-state index is 13.5. The Morgan fingerprint density at radius 2 is 2.15 bits per heavy atom. The van der Waals surface area contributed by atoms with Gasteiger partial charge in [0.1, 0.15) is 5.82 Å². The summed E-state index contributed by atoms with van der Waals surface area (Å²) < 4.78 is 13.5. The number of halogens is 1. The topological polar surface area (TPSA) is 61.1 Å². The summed E-state index contributed by atoms with van der Waals surface area (Å²) >= 11 is 1.32. The van der Waals surface area contributed by atoms with E-state index < -0.39 is 11.8 Å². The first-order chi connectivity index (χ1) is 9.35. The van der Waals surface area contributed by atoms with E-state index in [1.807, 2.05) is 13.8 Å². The first kappa shape index (κ1) is 16.5. The summed E-state index contributed by atoms with van der Waals surface area (Å²) in [6, 6.07) is 6.06. The fraction of sp³-hybridized carbons (Fsp3) is 0.467. The Labute approximate surface area is 122 Å². The molecule has 1 rings (SSSR count). The molecule has 1 aromatic carbocycles. The third-order valence-electron chi connectivity index (χ3n) is 2.93.